The molecular formula is C19H19NO3. The first kappa shape index (κ1) is 15.3. The summed E-state index contributed by atoms with van der Waals surface area (Å²) in [6.45, 7) is 4.09. The molecule has 23 heavy (non-hydrogen) atoms. The van der Waals surface area contributed by atoms with Gasteiger partial charge in [0.05, 0.1) is 11.6 Å². The number of benzene rings is 2. The molecule has 0 aliphatic carbocycles. The normalized spacial score (nSPS) is 17.1. The van der Waals surface area contributed by atoms with Crippen molar-refractivity contribution in [2.75, 3.05) is 5.32 Å². The van der Waals surface area contributed by atoms with Gasteiger partial charge >= 0.3 is 5.97 Å². The zero-order chi connectivity index (χ0) is 16.6. The van der Waals surface area contributed by atoms with E-state index in [0.29, 0.717) is 12.8 Å². The van der Waals surface area contributed by atoms with Crippen molar-refractivity contribution in [1.29, 1.82) is 0 Å². The number of anilines is 1. The number of aryl methyl sites for hydroxylation is 2. The molecule has 4 heteroatoms. The molecular weight excluding hydrogens is 290 g/mol. The van der Waals surface area contributed by atoms with E-state index in [0.717, 1.165) is 16.8 Å². The van der Waals surface area contributed by atoms with Crippen LogP contribution >= 0.6 is 0 Å². The molecule has 1 aliphatic heterocycles. The minimum absolute atomic E-state index is 0.158. The maximum atomic E-state index is 12.3. The van der Waals surface area contributed by atoms with Crippen molar-refractivity contribution in [3.05, 3.63) is 64.2 Å². The largest absolute Gasteiger partial charge is 0.478 e. The van der Waals surface area contributed by atoms with Crippen LogP contribution in [0.25, 0.3) is 0 Å². The van der Waals surface area contributed by atoms with Gasteiger partial charge in [0.25, 0.3) is 0 Å². The van der Waals surface area contributed by atoms with Crippen LogP contribution in [0.4, 0.5) is 5.69 Å². The number of aromatic carboxylic acids is 1. The molecule has 4 nitrogen and oxygen atoms in total. The van der Waals surface area contributed by atoms with Crippen LogP contribution < -0.4 is 5.32 Å². The molecule has 0 aromatic heterocycles. The van der Waals surface area contributed by atoms with E-state index in [1.165, 1.54) is 11.1 Å². The van der Waals surface area contributed by atoms with E-state index in [4.69, 9.17) is 5.11 Å². The number of carbonyl (C=O) groups excluding carboxylic acids is 1. The lowest BCUT2D eigenvalue weighted by Gasteiger charge is -2.19. The highest BCUT2D eigenvalue weighted by Gasteiger charge is 2.23. The Morgan fingerprint density at radius 3 is 2.65 bits per heavy atom. The molecule has 1 aliphatic rings. The average Bonchev–Trinajstić information content (AvgIpc) is 2.66. The zero-order valence-corrected chi connectivity index (χ0v) is 13.2. The first-order valence-corrected chi connectivity index (χ1v) is 7.65. The number of carbonyl (C=O) groups is 2. The molecule has 0 saturated heterocycles. The van der Waals surface area contributed by atoms with E-state index < -0.39 is 5.97 Å². The molecule has 0 amide bonds. The van der Waals surface area contributed by atoms with E-state index in [1.807, 2.05) is 19.9 Å². The highest BCUT2D eigenvalue weighted by atomic mass is 16.4. The van der Waals surface area contributed by atoms with Gasteiger partial charge in [-0.25, -0.2) is 4.79 Å². The van der Waals surface area contributed by atoms with Gasteiger partial charge in [0.1, 0.15) is 5.78 Å². The Bertz CT molecular complexity index is 795. The van der Waals surface area contributed by atoms with E-state index in [1.54, 1.807) is 18.2 Å². The lowest BCUT2D eigenvalue weighted by molar-refractivity contribution is -0.118. The number of fused-ring (bicyclic) bond motifs is 1. The molecule has 0 bridgehead atoms. The molecule has 1 unspecified atom stereocenters. The van der Waals surface area contributed by atoms with Crippen LogP contribution in [0.1, 0.15) is 45.1 Å². The Morgan fingerprint density at radius 2 is 1.91 bits per heavy atom. The van der Waals surface area contributed by atoms with Crippen LogP contribution in [0, 0.1) is 13.8 Å². The van der Waals surface area contributed by atoms with Crippen LogP contribution in [0.2, 0.25) is 0 Å². The van der Waals surface area contributed by atoms with Crippen molar-refractivity contribution >= 4 is 17.4 Å². The van der Waals surface area contributed by atoms with Gasteiger partial charge in [-0.05, 0) is 54.3 Å². The summed E-state index contributed by atoms with van der Waals surface area (Å²) in [7, 11) is 0. The number of hydrogen-bond acceptors (Lipinski definition) is 3. The van der Waals surface area contributed by atoms with Crippen LogP contribution in [-0.4, -0.2) is 16.9 Å². The van der Waals surface area contributed by atoms with Crippen molar-refractivity contribution in [1.82, 2.24) is 0 Å². The summed E-state index contributed by atoms with van der Waals surface area (Å²) in [6.07, 6.45) is 0.772. The predicted molar refractivity (Wildman–Crippen MR) is 89.0 cm³/mol. The Morgan fingerprint density at radius 1 is 1.17 bits per heavy atom. The summed E-state index contributed by atoms with van der Waals surface area (Å²) in [5, 5.41) is 12.6. The third-order valence-electron chi connectivity index (χ3n) is 4.40. The summed E-state index contributed by atoms with van der Waals surface area (Å²) >= 11 is 0. The molecule has 0 saturated carbocycles. The van der Waals surface area contributed by atoms with Gasteiger partial charge in [0, 0.05) is 18.5 Å². The van der Waals surface area contributed by atoms with E-state index in [-0.39, 0.29) is 17.4 Å². The molecule has 0 fully saturated rings. The first-order chi connectivity index (χ1) is 10.9. The van der Waals surface area contributed by atoms with Crippen molar-refractivity contribution in [2.45, 2.75) is 32.7 Å². The highest BCUT2D eigenvalue weighted by molar-refractivity contribution is 5.88. The fraction of sp³-hybridized carbons (Fsp3) is 0.263. The topological polar surface area (TPSA) is 66.4 Å². The number of nitrogens with one attached hydrogen (secondary N) is 1. The Kier molecular flexibility index (Phi) is 3.90. The second-order valence-corrected chi connectivity index (χ2v) is 6.14. The molecule has 0 radical (unpaired) electrons. The van der Waals surface area contributed by atoms with Gasteiger partial charge < -0.3 is 10.4 Å². The second-order valence-electron chi connectivity index (χ2n) is 6.14. The van der Waals surface area contributed by atoms with Gasteiger partial charge in [0.2, 0.25) is 0 Å². The van der Waals surface area contributed by atoms with Gasteiger partial charge in [0.15, 0.2) is 0 Å². The third-order valence-corrected chi connectivity index (χ3v) is 4.40. The summed E-state index contributed by atoms with van der Waals surface area (Å²) in [5.74, 6) is -0.802. The standard InChI is InChI=1S/C19H19NO3/c1-11-6-15-9-16(21)10-18(20-17(15)7-12(11)2)13-4-3-5-14(8-13)19(22)23/h3-8,18,20H,9-10H2,1-2H3,(H,22,23). The SMILES string of the molecule is Cc1cc2c(cc1C)NC(c1cccc(C(=O)O)c1)CC(=O)C2. The minimum Gasteiger partial charge on any atom is -0.478 e. The van der Waals surface area contributed by atoms with Crippen LogP contribution in [-0.2, 0) is 11.2 Å². The quantitative estimate of drug-likeness (QED) is 0.888. The smallest absolute Gasteiger partial charge is 0.335 e. The van der Waals surface area contributed by atoms with Gasteiger partial charge in [-0.2, -0.15) is 0 Å². The molecule has 2 N–H and O–H groups in total. The van der Waals surface area contributed by atoms with Gasteiger partial charge in [-0.3, -0.25) is 4.79 Å². The number of hydrogen-bond donors (Lipinski definition) is 2. The Labute approximate surface area is 135 Å². The lowest BCUT2D eigenvalue weighted by atomic mass is 9.98. The summed E-state index contributed by atoms with van der Waals surface area (Å²) in [5.41, 5.74) is 5.37. The molecule has 3 rings (SSSR count). The zero-order valence-electron chi connectivity index (χ0n) is 13.2. The highest BCUT2D eigenvalue weighted by Crippen LogP contribution is 2.32. The molecule has 1 heterocycles. The van der Waals surface area contributed by atoms with E-state index in [9.17, 15) is 9.59 Å². The Balaban J connectivity index is 2.00. The number of Topliss-reactive ketones (excluding diaryl/α,β-unsaturated/α-hetero) is 1. The minimum atomic E-state index is -0.960. The number of ketones is 1. The van der Waals surface area contributed by atoms with Gasteiger partial charge in [-0.1, -0.05) is 18.2 Å². The molecule has 1 atom stereocenters. The maximum Gasteiger partial charge on any atom is 0.335 e. The van der Waals surface area contributed by atoms with E-state index >= 15 is 0 Å². The maximum absolute atomic E-state index is 12.3. The van der Waals surface area contributed by atoms with Crippen molar-refractivity contribution < 1.29 is 14.7 Å². The van der Waals surface area contributed by atoms with Crippen LogP contribution in [0.15, 0.2) is 36.4 Å². The van der Waals surface area contributed by atoms with Gasteiger partial charge in [-0.15, -0.1) is 0 Å². The first-order valence-electron chi connectivity index (χ1n) is 7.65. The number of carboxylic acid groups (broad SMARTS) is 1. The second kappa shape index (κ2) is 5.88. The summed E-state index contributed by atoms with van der Waals surface area (Å²) < 4.78 is 0. The molecule has 0 spiro atoms. The van der Waals surface area contributed by atoms with Crippen LogP contribution in [0.3, 0.4) is 0 Å². The van der Waals surface area contributed by atoms with Crippen LogP contribution in [0.5, 0.6) is 0 Å². The molecule has 118 valence electrons. The third kappa shape index (κ3) is 3.11. The number of rotatable bonds is 2. The average molecular weight is 309 g/mol. The predicted octanol–water partition coefficient (Wildman–Crippen LogP) is 3.67. The summed E-state index contributed by atoms with van der Waals surface area (Å²) in [6, 6.07) is 10.7. The van der Waals surface area contributed by atoms with Crippen molar-refractivity contribution in [3.8, 4) is 0 Å². The fourth-order valence-corrected chi connectivity index (χ4v) is 3.00. The fourth-order valence-electron chi connectivity index (χ4n) is 3.00. The number of carboxylic acids is 1. The van der Waals surface area contributed by atoms with Crippen molar-refractivity contribution in [2.24, 2.45) is 0 Å². The molecule has 2 aromatic rings. The van der Waals surface area contributed by atoms with Crippen molar-refractivity contribution in [3.63, 3.8) is 0 Å². The van der Waals surface area contributed by atoms with E-state index in [2.05, 4.69) is 17.4 Å². The lowest BCUT2D eigenvalue weighted by Crippen LogP contribution is -2.13. The monoisotopic (exact) mass is 309 g/mol. The summed E-state index contributed by atoms with van der Waals surface area (Å²) in [4.78, 5) is 23.4. The Hall–Kier alpha value is -2.62. The molecule has 2 aromatic carbocycles.